The van der Waals surface area contributed by atoms with Crippen molar-refractivity contribution < 1.29 is 8.42 Å². The van der Waals surface area contributed by atoms with E-state index in [0.29, 0.717) is 24.1 Å². The zero-order valence-corrected chi connectivity index (χ0v) is 16.5. The highest BCUT2D eigenvalue weighted by molar-refractivity contribution is 14.0. The molecule has 5 nitrogen and oxygen atoms in total. The van der Waals surface area contributed by atoms with Gasteiger partial charge in [0.25, 0.3) is 0 Å². The molecule has 0 radical (unpaired) electrons. The largest absolute Gasteiger partial charge is 0.354 e. The number of piperidine rings is 1. The molecule has 2 heterocycles. The lowest BCUT2D eigenvalue weighted by Crippen LogP contribution is -2.46. The highest BCUT2D eigenvalue weighted by Crippen LogP contribution is 2.22. The van der Waals surface area contributed by atoms with Gasteiger partial charge in [-0.25, -0.2) is 8.42 Å². The molecule has 3 fully saturated rings. The Bertz CT molecular complexity index is 497. The van der Waals surface area contributed by atoms with Crippen LogP contribution in [0.4, 0.5) is 0 Å². The normalized spacial score (nSPS) is 29.2. The van der Waals surface area contributed by atoms with Gasteiger partial charge in [-0.15, -0.1) is 24.0 Å². The molecule has 2 saturated heterocycles. The van der Waals surface area contributed by atoms with Crippen molar-refractivity contribution in [3.63, 3.8) is 0 Å². The van der Waals surface area contributed by atoms with Crippen LogP contribution in [-0.4, -0.2) is 56.5 Å². The molecular weight excluding hydrogens is 413 g/mol. The smallest absolute Gasteiger partial charge is 0.194 e. The Morgan fingerprint density at radius 1 is 1.18 bits per heavy atom. The third kappa shape index (κ3) is 5.25. The molecular formula is C15H28IN3O2S. The highest BCUT2D eigenvalue weighted by atomic mass is 127. The van der Waals surface area contributed by atoms with E-state index < -0.39 is 9.84 Å². The molecule has 3 rings (SSSR count). The van der Waals surface area contributed by atoms with Crippen molar-refractivity contribution >= 4 is 39.8 Å². The number of aliphatic imine (C=N–C) groups is 1. The van der Waals surface area contributed by atoms with Gasteiger partial charge in [0.15, 0.2) is 15.8 Å². The van der Waals surface area contributed by atoms with Crippen molar-refractivity contribution in [1.29, 1.82) is 0 Å². The summed E-state index contributed by atoms with van der Waals surface area (Å²) in [7, 11) is -2.79. The molecule has 1 aliphatic carbocycles. The molecule has 22 heavy (non-hydrogen) atoms. The van der Waals surface area contributed by atoms with Gasteiger partial charge in [0.2, 0.25) is 0 Å². The van der Waals surface area contributed by atoms with Crippen LogP contribution in [-0.2, 0) is 9.84 Å². The van der Waals surface area contributed by atoms with Gasteiger partial charge >= 0.3 is 0 Å². The van der Waals surface area contributed by atoms with Gasteiger partial charge in [-0.2, -0.15) is 0 Å². The van der Waals surface area contributed by atoms with Gasteiger partial charge in [0.1, 0.15) is 0 Å². The van der Waals surface area contributed by atoms with Crippen LogP contribution < -0.4 is 5.32 Å². The zero-order valence-electron chi connectivity index (χ0n) is 13.3. The summed E-state index contributed by atoms with van der Waals surface area (Å²) in [6, 6.07) is 0.593. The molecule has 128 valence electrons. The average Bonchev–Trinajstić information content (AvgIpc) is 3.19. The van der Waals surface area contributed by atoms with E-state index in [1.54, 1.807) is 0 Å². The van der Waals surface area contributed by atoms with Gasteiger partial charge < -0.3 is 10.2 Å². The number of likely N-dealkylation sites (tertiary alicyclic amines) is 1. The number of nitrogens with zero attached hydrogens (tertiary/aromatic N) is 2. The van der Waals surface area contributed by atoms with Gasteiger partial charge in [-0.1, -0.05) is 6.92 Å². The first kappa shape index (κ1) is 18.3. The maximum Gasteiger partial charge on any atom is 0.194 e. The first-order chi connectivity index (χ1) is 10.0. The van der Waals surface area contributed by atoms with Gasteiger partial charge in [-0.05, 0) is 43.9 Å². The molecule has 7 heteroatoms. The lowest BCUT2D eigenvalue weighted by molar-refractivity contribution is 0.272. The second kappa shape index (κ2) is 7.68. The van der Waals surface area contributed by atoms with Gasteiger partial charge in [0, 0.05) is 25.7 Å². The average molecular weight is 441 g/mol. The number of rotatable bonds is 3. The van der Waals surface area contributed by atoms with E-state index in [1.165, 1.54) is 25.7 Å². The third-order valence-electron chi connectivity index (χ3n) is 4.82. The Morgan fingerprint density at radius 3 is 2.41 bits per heavy atom. The van der Waals surface area contributed by atoms with E-state index in [2.05, 4.69) is 17.1 Å². The fourth-order valence-corrected chi connectivity index (χ4v) is 4.95. The summed E-state index contributed by atoms with van der Waals surface area (Å²) in [5, 5.41) is 3.55. The van der Waals surface area contributed by atoms with Gasteiger partial charge in [0.05, 0.1) is 11.5 Å². The van der Waals surface area contributed by atoms with Crippen LogP contribution in [0, 0.1) is 11.8 Å². The molecule has 0 aromatic rings. The number of guanidine groups is 1. The second-order valence-electron chi connectivity index (χ2n) is 7.02. The predicted molar refractivity (Wildman–Crippen MR) is 101 cm³/mol. The fraction of sp³-hybridized carbons (Fsp3) is 0.933. The number of hydrogen-bond donors (Lipinski definition) is 1. The molecule has 2 aliphatic heterocycles. The molecule has 1 N–H and O–H groups in total. The number of sulfone groups is 1. The SMILES string of the molecule is CC1CCN(C(=NCC2CCS(=O)(=O)C2)NC2CC2)CC1.I. The predicted octanol–water partition coefficient (Wildman–Crippen LogP) is 1.88. The molecule has 3 aliphatic rings. The minimum atomic E-state index is -2.79. The summed E-state index contributed by atoms with van der Waals surface area (Å²) in [4.78, 5) is 7.13. The monoisotopic (exact) mass is 441 g/mol. The maximum absolute atomic E-state index is 11.5. The van der Waals surface area contributed by atoms with Crippen LogP contribution in [0.5, 0.6) is 0 Å². The standard InChI is InChI=1S/C15H27N3O2S.HI/c1-12-4-7-18(8-5-12)15(17-14-2-3-14)16-10-13-6-9-21(19,20)11-13;/h12-14H,2-11H2,1H3,(H,16,17);1H. The number of halogens is 1. The van der Waals surface area contributed by atoms with Crippen LogP contribution >= 0.6 is 24.0 Å². The quantitative estimate of drug-likeness (QED) is 0.413. The lowest BCUT2D eigenvalue weighted by atomic mass is 9.99. The number of hydrogen-bond acceptors (Lipinski definition) is 3. The zero-order chi connectivity index (χ0) is 14.9. The minimum absolute atomic E-state index is 0. The van der Waals surface area contributed by atoms with Crippen molar-refractivity contribution in [3.05, 3.63) is 0 Å². The second-order valence-corrected chi connectivity index (χ2v) is 9.25. The van der Waals surface area contributed by atoms with Crippen LogP contribution in [0.25, 0.3) is 0 Å². The van der Waals surface area contributed by atoms with Crippen molar-refractivity contribution in [2.75, 3.05) is 31.1 Å². The van der Waals surface area contributed by atoms with Crippen molar-refractivity contribution in [1.82, 2.24) is 10.2 Å². The summed E-state index contributed by atoms with van der Waals surface area (Å²) in [6.45, 7) is 5.11. The summed E-state index contributed by atoms with van der Waals surface area (Å²) in [6.07, 6.45) is 5.70. The van der Waals surface area contributed by atoms with E-state index in [0.717, 1.165) is 31.4 Å². The summed E-state index contributed by atoms with van der Waals surface area (Å²) >= 11 is 0. The Hall–Kier alpha value is -0.0500. The first-order valence-electron chi connectivity index (χ1n) is 8.28. The van der Waals surface area contributed by atoms with Crippen molar-refractivity contribution in [2.24, 2.45) is 16.8 Å². The Kier molecular flexibility index (Phi) is 6.39. The molecule has 1 unspecified atom stereocenters. The molecule has 0 aromatic carbocycles. The van der Waals surface area contributed by atoms with Crippen molar-refractivity contribution in [3.8, 4) is 0 Å². The molecule has 0 bridgehead atoms. The van der Waals surface area contributed by atoms with E-state index in [1.807, 2.05) is 0 Å². The highest BCUT2D eigenvalue weighted by Gasteiger charge is 2.29. The summed E-state index contributed by atoms with van der Waals surface area (Å²) in [5.74, 6) is 2.72. The third-order valence-corrected chi connectivity index (χ3v) is 6.66. The molecule has 1 saturated carbocycles. The maximum atomic E-state index is 11.5. The first-order valence-corrected chi connectivity index (χ1v) is 10.1. The van der Waals surface area contributed by atoms with Gasteiger partial charge in [-0.3, -0.25) is 4.99 Å². The van der Waals surface area contributed by atoms with E-state index in [-0.39, 0.29) is 29.9 Å². The summed E-state index contributed by atoms with van der Waals surface area (Å²) < 4.78 is 23.1. The van der Waals surface area contributed by atoms with E-state index >= 15 is 0 Å². The Labute approximate surface area is 151 Å². The van der Waals surface area contributed by atoms with Crippen LogP contribution in [0.3, 0.4) is 0 Å². The topological polar surface area (TPSA) is 61.8 Å². The lowest BCUT2D eigenvalue weighted by Gasteiger charge is -2.33. The van der Waals surface area contributed by atoms with E-state index in [4.69, 9.17) is 4.99 Å². The van der Waals surface area contributed by atoms with Crippen LogP contribution in [0.1, 0.15) is 39.0 Å². The molecule has 1 atom stereocenters. The number of nitrogens with one attached hydrogen (secondary N) is 1. The Balaban J connectivity index is 0.00000176. The summed E-state index contributed by atoms with van der Waals surface area (Å²) in [5.41, 5.74) is 0. The fourth-order valence-electron chi connectivity index (χ4n) is 3.10. The molecule has 0 aromatic heterocycles. The molecule has 0 amide bonds. The Morgan fingerprint density at radius 2 is 1.86 bits per heavy atom. The van der Waals surface area contributed by atoms with Crippen LogP contribution in [0.2, 0.25) is 0 Å². The van der Waals surface area contributed by atoms with Crippen molar-refractivity contribution in [2.45, 2.75) is 45.1 Å². The minimum Gasteiger partial charge on any atom is -0.354 e. The molecule has 0 spiro atoms. The van der Waals surface area contributed by atoms with E-state index in [9.17, 15) is 8.42 Å². The van der Waals surface area contributed by atoms with Crippen LogP contribution in [0.15, 0.2) is 4.99 Å².